The van der Waals surface area contributed by atoms with Crippen LogP contribution in [0.3, 0.4) is 0 Å². The molecule has 2 aromatic rings. The molecule has 8 nitrogen and oxygen atoms in total. The highest BCUT2D eigenvalue weighted by atomic mass is 16.5. The molecule has 0 unspecified atom stereocenters. The van der Waals surface area contributed by atoms with E-state index in [-0.39, 0.29) is 0 Å². The van der Waals surface area contributed by atoms with Crippen LogP contribution in [-0.2, 0) is 9.47 Å². The van der Waals surface area contributed by atoms with Gasteiger partial charge in [-0.15, -0.1) is 10.2 Å². The van der Waals surface area contributed by atoms with Crippen LogP contribution in [0.25, 0.3) is 0 Å². The third-order valence-electron chi connectivity index (χ3n) is 5.12. The topological polar surface area (TPSA) is 75.6 Å². The minimum Gasteiger partial charge on any atom is -0.378 e. The van der Waals surface area contributed by atoms with Crippen molar-refractivity contribution in [2.45, 2.75) is 13.8 Å². The fourth-order valence-electron chi connectivity index (χ4n) is 3.34. The van der Waals surface area contributed by atoms with Gasteiger partial charge in [0.2, 0.25) is 5.95 Å². The molecule has 0 spiro atoms. The molecular formula is C19H26N6O2. The highest BCUT2D eigenvalue weighted by molar-refractivity contribution is 5.66. The summed E-state index contributed by atoms with van der Waals surface area (Å²) in [6.07, 6.45) is 0. The van der Waals surface area contributed by atoms with Gasteiger partial charge in [0.1, 0.15) is 0 Å². The van der Waals surface area contributed by atoms with Gasteiger partial charge in [-0.1, -0.05) is 12.1 Å². The molecule has 144 valence electrons. The van der Waals surface area contributed by atoms with Gasteiger partial charge in [0, 0.05) is 31.9 Å². The molecule has 27 heavy (non-hydrogen) atoms. The van der Waals surface area contributed by atoms with E-state index < -0.39 is 0 Å². The van der Waals surface area contributed by atoms with Gasteiger partial charge in [-0.2, -0.15) is 4.98 Å². The molecular weight excluding hydrogens is 344 g/mol. The van der Waals surface area contributed by atoms with Crippen molar-refractivity contribution in [1.82, 2.24) is 15.2 Å². The van der Waals surface area contributed by atoms with Crippen LogP contribution >= 0.6 is 0 Å². The van der Waals surface area contributed by atoms with Crippen LogP contribution in [0.5, 0.6) is 0 Å². The second kappa shape index (κ2) is 8.06. The third kappa shape index (κ3) is 3.96. The maximum absolute atomic E-state index is 5.51. The van der Waals surface area contributed by atoms with Crippen LogP contribution in [0.2, 0.25) is 0 Å². The predicted molar refractivity (Wildman–Crippen MR) is 105 cm³/mol. The van der Waals surface area contributed by atoms with E-state index in [1.807, 2.05) is 12.1 Å². The molecule has 1 aromatic heterocycles. The van der Waals surface area contributed by atoms with Crippen molar-refractivity contribution in [1.29, 1.82) is 0 Å². The monoisotopic (exact) mass is 370 g/mol. The van der Waals surface area contributed by atoms with E-state index in [9.17, 15) is 0 Å². The number of rotatable bonds is 4. The number of hydrogen-bond donors (Lipinski definition) is 1. The van der Waals surface area contributed by atoms with E-state index in [0.29, 0.717) is 32.4 Å². The highest BCUT2D eigenvalue weighted by Gasteiger charge is 2.24. The van der Waals surface area contributed by atoms with Gasteiger partial charge in [0.15, 0.2) is 11.6 Å². The lowest BCUT2D eigenvalue weighted by Gasteiger charge is -2.33. The summed E-state index contributed by atoms with van der Waals surface area (Å²) in [6.45, 7) is 10.2. The van der Waals surface area contributed by atoms with Crippen molar-refractivity contribution in [3.63, 3.8) is 0 Å². The number of morpholine rings is 2. The summed E-state index contributed by atoms with van der Waals surface area (Å²) in [6, 6.07) is 6.17. The van der Waals surface area contributed by atoms with Gasteiger partial charge in [-0.05, 0) is 31.0 Å². The van der Waals surface area contributed by atoms with E-state index in [1.165, 1.54) is 11.1 Å². The molecule has 1 aromatic carbocycles. The summed E-state index contributed by atoms with van der Waals surface area (Å²) >= 11 is 0. The highest BCUT2D eigenvalue weighted by Crippen LogP contribution is 2.28. The number of aryl methyl sites for hydroxylation is 1. The van der Waals surface area contributed by atoms with E-state index in [0.717, 1.165) is 43.5 Å². The van der Waals surface area contributed by atoms with Crippen molar-refractivity contribution in [2.75, 3.05) is 67.7 Å². The summed E-state index contributed by atoms with van der Waals surface area (Å²) in [5.74, 6) is 2.21. The number of anilines is 4. The first-order valence-electron chi connectivity index (χ1n) is 9.46. The summed E-state index contributed by atoms with van der Waals surface area (Å²) < 4.78 is 11.0. The Morgan fingerprint density at radius 3 is 2.15 bits per heavy atom. The smallest absolute Gasteiger partial charge is 0.249 e. The minimum atomic E-state index is 0.516. The maximum Gasteiger partial charge on any atom is 0.249 e. The molecule has 3 heterocycles. The Kier molecular flexibility index (Phi) is 5.35. The molecule has 2 saturated heterocycles. The van der Waals surface area contributed by atoms with Gasteiger partial charge in [0.25, 0.3) is 0 Å². The normalized spacial score (nSPS) is 17.9. The molecule has 0 bridgehead atoms. The van der Waals surface area contributed by atoms with Crippen LogP contribution < -0.4 is 15.1 Å². The predicted octanol–water partition coefficient (Wildman–Crippen LogP) is 1.91. The maximum atomic E-state index is 5.51. The Morgan fingerprint density at radius 2 is 1.48 bits per heavy atom. The van der Waals surface area contributed by atoms with Crippen LogP contribution in [0, 0.1) is 13.8 Å². The third-order valence-corrected chi connectivity index (χ3v) is 5.12. The van der Waals surface area contributed by atoms with Crippen molar-refractivity contribution < 1.29 is 9.47 Å². The quantitative estimate of drug-likeness (QED) is 0.875. The molecule has 0 atom stereocenters. The lowest BCUT2D eigenvalue weighted by molar-refractivity contribution is 0.120. The van der Waals surface area contributed by atoms with Crippen molar-refractivity contribution in [3.8, 4) is 0 Å². The SMILES string of the molecule is Cc1cccc(Nc2nnc(N3CCOCC3)c(N3CCOCC3)n2)c1C. The number of ether oxygens (including phenoxy) is 2. The number of benzene rings is 1. The zero-order valence-electron chi connectivity index (χ0n) is 15.9. The van der Waals surface area contributed by atoms with Gasteiger partial charge in [0.05, 0.1) is 26.4 Å². The average Bonchev–Trinajstić information content (AvgIpc) is 2.73. The van der Waals surface area contributed by atoms with Gasteiger partial charge < -0.3 is 24.6 Å². The summed E-state index contributed by atoms with van der Waals surface area (Å²) in [7, 11) is 0. The lowest BCUT2D eigenvalue weighted by atomic mass is 10.1. The number of hydrogen-bond acceptors (Lipinski definition) is 8. The van der Waals surface area contributed by atoms with E-state index >= 15 is 0 Å². The average molecular weight is 370 g/mol. The van der Waals surface area contributed by atoms with E-state index in [1.54, 1.807) is 0 Å². The Morgan fingerprint density at radius 1 is 0.852 bits per heavy atom. The minimum absolute atomic E-state index is 0.516. The fraction of sp³-hybridized carbons (Fsp3) is 0.526. The largest absolute Gasteiger partial charge is 0.378 e. The second-order valence-electron chi connectivity index (χ2n) is 6.85. The zero-order valence-corrected chi connectivity index (χ0v) is 15.9. The zero-order chi connectivity index (χ0) is 18.6. The van der Waals surface area contributed by atoms with Gasteiger partial charge in [-0.25, -0.2) is 0 Å². The number of nitrogens with one attached hydrogen (secondary N) is 1. The summed E-state index contributed by atoms with van der Waals surface area (Å²) in [5, 5.41) is 12.2. The Hall–Kier alpha value is -2.45. The standard InChI is InChI=1S/C19H26N6O2/c1-14-4-3-5-16(15(14)2)20-19-21-17(24-6-10-26-11-7-24)18(22-23-19)25-8-12-27-13-9-25/h3-5H,6-13H2,1-2H3,(H,20,21,23). The first kappa shape index (κ1) is 17.9. The summed E-state index contributed by atoms with van der Waals surface area (Å²) in [4.78, 5) is 9.28. The first-order chi connectivity index (χ1) is 13.2. The fourth-order valence-corrected chi connectivity index (χ4v) is 3.34. The molecule has 2 aliphatic heterocycles. The van der Waals surface area contributed by atoms with Crippen LogP contribution in [0.15, 0.2) is 18.2 Å². The molecule has 0 amide bonds. The number of nitrogens with zero attached hydrogens (tertiary/aromatic N) is 5. The van der Waals surface area contributed by atoms with Crippen LogP contribution in [0.1, 0.15) is 11.1 Å². The van der Waals surface area contributed by atoms with Gasteiger partial charge in [-0.3, -0.25) is 0 Å². The van der Waals surface area contributed by atoms with E-state index in [2.05, 4.69) is 45.2 Å². The summed E-state index contributed by atoms with van der Waals surface area (Å²) in [5.41, 5.74) is 3.42. The molecule has 1 N–H and O–H groups in total. The molecule has 2 fully saturated rings. The molecule has 2 aliphatic rings. The molecule has 4 rings (SSSR count). The first-order valence-corrected chi connectivity index (χ1v) is 9.46. The molecule has 8 heteroatoms. The second-order valence-corrected chi connectivity index (χ2v) is 6.85. The molecule has 0 radical (unpaired) electrons. The van der Waals surface area contributed by atoms with E-state index in [4.69, 9.17) is 14.5 Å². The molecule has 0 aliphatic carbocycles. The van der Waals surface area contributed by atoms with Gasteiger partial charge >= 0.3 is 0 Å². The van der Waals surface area contributed by atoms with Crippen molar-refractivity contribution >= 4 is 23.3 Å². The van der Waals surface area contributed by atoms with Crippen molar-refractivity contribution in [3.05, 3.63) is 29.3 Å². The van der Waals surface area contributed by atoms with Crippen LogP contribution in [0.4, 0.5) is 23.3 Å². The van der Waals surface area contributed by atoms with Crippen LogP contribution in [-0.4, -0.2) is 67.8 Å². The Labute approximate surface area is 159 Å². The lowest BCUT2D eigenvalue weighted by Crippen LogP contribution is -2.41. The van der Waals surface area contributed by atoms with Crippen molar-refractivity contribution in [2.24, 2.45) is 0 Å². The molecule has 0 saturated carbocycles. The Balaban J connectivity index is 1.66. The number of aromatic nitrogens is 3. The Bertz CT molecular complexity index is 788.